The first-order valence-electron chi connectivity index (χ1n) is 11.1. The topological polar surface area (TPSA) is 179 Å². The summed E-state index contributed by atoms with van der Waals surface area (Å²) < 4.78 is 0. The lowest BCUT2D eigenvalue weighted by Crippen LogP contribution is -2.57. The molecule has 1 aliphatic heterocycles. The molecule has 4 atom stereocenters. The smallest absolute Gasteiger partial charge is 0.326 e. The number of amides is 3. The number of carbonyl (C=O) groups excluding carboxylic acids is 3. The summed E-state index contributed by atoms with van der Waals surface area (Å²) in [4.78, 5) is 62.2. The van der Waals surface area contributed by atoms with Gasteiger partial charge in [-0.2, -0.15) is 11.8 Å². The molecule has 4 unspecified atom stereocenters. The summed E-state index contributed by atoms with van der Waals surface area (Å²) in [5.74, 6) is -3.16. The third kappa shape index (κ3) is 9.58. The van der Waals surface area contributed by atoms with Crippen LogP contribution in [0.25, 0.3) is 0 Å². The molecule has 0 bridgehead atoms. The minimum Gasteiger partial charge on any atom is -0.481 e. The molecule has 0 aliphatic carbocycles. The van der Waals surface area contributed by atoms with E-state index in [4.69, 9.17) is 10.8 Å². The van der Waals surface area contributed by atoms with Crippen LogP contribution >= 0.6 is 11.8 Å². The fourth-order valence-corrected chi connectivity index (χ4v) is 4.12. The molecular formula is C21H36N4O7S. The SMILES string of the molecule is CSCCC(NC(=O)C(N)CCC(=O)O)C(=O)N1CCCC1C(=O)NC(CC(C)C)C(=O)O. The quantitative estimate of drug-likeness (QED) is 0.225. The van der Waals surface area contributed by atoms with Crippen molar-refractivity contribution >= 4 is 41.4 Å². The highest BCUT2D eigenvalue weighted by Crippen LogP contribution is 2.20. The zero-order valence-corrected chi connectivity index (χ0v) is 20.2. The van der Waals surface area contributed by atoms with Crippen LogP contribution in [0.3, 0.4) is 0 Å². The maximum absolute atomic E-state index is 13.3. The van der Waals surface area contributed by atoms with Gasteiger partial charge in [-0.05, 0) is 50.0 Å². The van der Waals surface area contributed by atoms with Crippen LogP contribution in [-0.4, -0.2) is 87.5 Å². The van der Waals surface area contributed by atoms with E-state index < -0.39 is 53.8 Å². The standard InChI is InChI=1S/C21H36N4O7S/c1-12(2)11-15(21(31)32)24-19(29)16-5-4-9-25(16)20(30)14(8-10-33-3)23-18(28)13(22)6-7-17(26)27/h12-16H,4-11,22H2,1-3H3,(H,23,28)(H,24,29)(H,26,27)(H,31,32). The molecule has 0 saturated carbocycles. The number of thioether (sulfide) groups is 1. The highest BCUT2D eigenvalue weighted by molar-refractivity contribution is 7.98. The molecule has 0 aromatic heterocycles. The van der Waals surface area contributed by atoms with E-state index in [0.29, 0.717) is 31.6 Å². The van der Waals surface area contributed by atoms with E-state index in [1.165, 1.54) is 16.7 Å². The number of likely N-dealkylation sites (tertiary alicyclic amines) is 1. The fraction of sp³-hybridized carbons (Fsp3) is 0.762. The van der Waals surface area contributed by atoms with Gasteiger partial charge in [0.25, 0.3) is 0 Å². The van der Waals surface area contributed by atoms with Crippen LogP contribution in [0.4, 0.5) is 0 Å². The van der Waals surface area contributed by atoms with Crippen LogP contribution in [0, 0.1) is 5.92 Å². The largest absolute Gasteiger partial charge is 0.481 e. The van der Waals surface area contributed by atoms with Crippen LogP contribution < -0.4 is 16.4 Å². The van der Waals surface area contributed by atoms with Gasteiger partial charge in [0.15, 0.2) is 0 Å². The molecule has 0 aromatic rings. The van der Waals surface area contributed by atoms with Gasteiger partial charge >= 0.3 is 11.9 Å². The molecule has 11 nitrogen and oxygen atoms in total. The molecule has 0 spiro atoms. The molecule has 1 rings (SSSR count). The zero-order chi connectivity index (χ0) is 25.1. The second-order valence-corrected chi connectivity index (χ2v) is 9.59. The highest BCUT2D eigenvalue weighted by atomic mass is 32.2. The van der Waals surface area contributed by atoms with Crippen LogP contribution in [-0.2, 0) is 24.0 Å². The lowest BCUT2D eigenvalue weighted by atomic mass is 10.0. The first-order chi connectivity index (χ1) is 15.5. The van der Waals surface area contributed by atoms with Gasteiger partial charge in [0.1, 0.15) is 18.1 Å². The second kappa shape index (κ2) is 14.0. The van der Waals surface area contributed by atoms with Crippen LogP contribution in [0.2, 0.25) is 0 Å². The molecule has 188 valence electrons. The minimum atomic E-state index is -1.13. The van der Waals surface area contributed by atoms with Crippen molar-refractivity contribution in [1.82, 2.24) is 15.5 Å². The third-order valence-electron chi connectivity index (χ3n) is 5.39. The third-order valence-corrected chi connectivity index (χ3v) is 6.04. The molecule has 6 N–H and O–H groups in total. The summed E-state index contributed by atoms with van der Waals surface area (Å²) >= 11 is 1.49. The summed E-state index contributed by atoms with van der Waals surface area (Å²) in [6.45, 7) is 4.02. The summed E-state index contributed by atoms with van der Waals surface area (Å²) in [6, 6.07) is -3.86. The van der Waals surface area contributed by atoms with Crippen molar-refractivity contribution in [3.63, 3.8) is 0 Å². The van der Waals surface area contributed by atoms with Crippen molar-refractivity contribution in [2.75, 3.05) is 18.6 Å². The summed E-state index contributed by atoms with van der Waals surface area (Å²) in [5.41, 5.74) is 5.77. The fourth-order valence-electron chi connectivity index (χ4n) is 3.65. The minimum absolute atomic E-state index is 0.0594. The maximum Gasteiger partial charge on any atom is 0.326 e. The van der Waals surface area contributed by atoms with E-state index in [0.717, 1.165) is 0 Å². The van der Waals surface area contributed by atoms with E-state index in [9.17, 15) is 29.1 Å². The Labute approximate surface area is 198 Å². The molecule has 33 heavy (non-hydrogen) atoms. The van der Waals surface area contributed by atoms with Gasteiger partial charge in [0.2, 0.25) is 17.7 Å². The van der Waals surface area contributed by atoms with Crippen molar-refractivity contribution in [2.45, 2.75) is 76.5 Å². The predicted octanol–water partition coefficient (Wildman–Crippen LogP) is 0.0229. The Balaban J connectivity index is 2.90. The van der Waals surface area contributed by atoms with Crippen molar-refractivity contribution in [2.24, 2.45) is 11.7 Å². The number of carboxylic acids is 2. The molecule has 1 aliphatic rings. The Hall–Kier alpha value is -2.34. The Morgan fingerprint density at radius 2 is 1.76 bits per heavy atom. The van der Waals surface area contributed by atoms with E-state index in [-0.39, 0.29) is 25.2 Å². The summed E-state index contributed by atoms with van der Waals surface area (Å²) in [7, 11) is 0. The summed E-state index contributed by atoms with van der Waals surface area (Å²) in [6.07, 6.45) is 3.07. The Morgan fingerprint density at radius 1 is 1.09 bits per heavy atom. The van der Waals surface area contributed by atoms with Crippen molar-refractivity contribution in [3.8, 4) is 0 Å². The Bertz CT molecular complexity index is 719. The van der Waals surface area contributed by atoms with Gasteiger partial charge in [0.05, 0.1) is 6.04 Å². The number of hydrogen-bond donors (Lipinski definition) is 5. The number of nitrogens with one attached hydrogen (secondary N) is 2. The van der Waals surface area contributed by atoms with Gasteiger partial charge in [0, 0.05) is 13.0 Å². The van der Waals surface area contributed by atoms with E-state index >= 15 is 0 Å². The Morgan fingerprint density at radius 3 is 2.30 bits per heavy atom. The predicted molar refractivity (Wildman–Crippen MR) is 124 cm³/mol. The van der Waals surface area contributed by atoms with Crippen LogP contribution in [0.5, 0.6) is 0 Å². The van der Waals surface area contributed by atoms with E-state index in [1.54, 1.807) is 0 Å². The molecule has 0 aromatic carbocycles. The number of nitrogens with two attached hydrogens (primary N) is 1. The number of nitrogens with zero attached hydrogens (tertiary/aromatic N) is 1. The van der Waals surface area contributed by atoms with Crippen molar-refractivity contribution in [1.29, 1.82) is 0 Å². The number of hydrogen-bond acceptors (Lipinski definition) is 7. The number of carboxylic acid groups (broad SMARTS) is 2. The van der Waals surface area contributed by atoms with Gasteiger partial charge in [-0.25, -0.2) is 4.79 Å². The molecule has 12 heteroatoms. The number of rotatable bonds is 14. The molecule has 0 radical (unpaired) electrons. The number of carbonyl (C=O) groups is 5. The summed E-state index contributed by atoms with van der Waals surface area (Å²) in [5, 5.41) is 23.3. The normalized spacial score (nSPS) is 18.5. The average molecular weight is 489 g/mol. The first kappa shape index (κ1) is 28.7. The average Bonchev–Trinajstić information content (AvgIpc) is 3.23. The van der Waals surface area contributed by atoms with Gasteiger partial charge in [-0.3, -0.25) is 19.2 Å². The lowest BCUT2D eigenvalue weighted by molar-refractivity contribution is -0.145. The van der Waals surface area contributed by atoms with Gasteiger partial charge < -0.3 is 31.5 Å². The van der Waals surface area contributed by atoms with Crippen molar-refractivity contribution in [3.05, 3.63) is 0 Å². The molecular weight excluding hydrogens is 452 g/mol. The maximum atomic E-state index is 13.3. The number of aliphatic carboxylic acids is 2. The first-order valence-corrected chi connectivity index (χ1v) is 12.5. The highest BCUT2D eigenvalue weighted by Gasteiger charge is 2.39. The molecule has 3 amide bonds. The zero-order valence-electron chi connectivity index (χ0n) is 19.4. The van der Waals surface area contributed by atoms with Crippen molar-refractivity contribution < 1.29 is 34.2 Å². The monoisotopic (exact) mass is 488 g/mol. The van der Waals surface area contributed by atoms with Crippen LogP contribution in [0.15, 0.2) is 0 Å². The van der Waals surface area contributed by atoms with E-state index in [1.807, 2.05) is 20.1 Å². The van der Waals surface area contributed by atoms with Gasteiger partial charge in [-0.1, -0.05) is 13.8 Å². The van der Waals surface area contributed by atoms with Gasteiger partial charge in [-0.15, -0.1) is 0 Å². The lowest BCUT2D eigenvalue weighted by Gasteiger charge is -2.30. The molecule has 1 heterocycles. The molecule has 1 saturated heterocycles. The van der Waals surface area contributed by atoms with Crippen LogP contribution in [0.1, 0.15) is 52.4 Å². The Kier molecular flexibility index (Phi) is 12.2. The van der Waals surface area contributed by atoms with E-state index in [2.05, 4.69) is 10.6 Å². The second-order valence-electron chi connectivity index (χ2n) is 8.60. The molecule has 1 fully saturated rings.